The second kappa shape index (κ2) is 4.86. The van der Waals surface area contributed by atoms with Crippen molar-refractivity contribution in [2.75, 3.05) is 13.6 Å². The predicted molar refractivity (Wildman–Crippen MR) is 53.7 cm³/mol. The van der Waals surface area contributed by atoms with E-state index in [1.165, 1.54) is 0 Å². The summed E-state index contributed by atoms with van der Waals surface area (Å²) in [7, 11) is 1.83. The molecule has 1 atom stereocenters. The number of nitrogens with one attached hydrogen (secondary N) is 1. The van der Waals surface area contributed by atoms with Gasteiger partial charge in [0.2, 0.25) is 0 Å². The fraction of sp³-hybridized carbons (Fsp3) is 0.300. The van der Waals surface area contributed by atoms with Gasteiger partial charge >= 0.3 is 0 Å². The van der Waals surface area contributed by atoms with Crippen molar-refractivity contribution >= 4 is 11.6 Å². The van der Waals surface area contributed by atoms with Crippen LogP contribution >= 0.6 is 11.6 Å². The van der Waals surface area contributed by atoms with Crippen molar-refractivity contribution in [2.24, 2.45) is 0 Å². The number of halogens is 1. The van der Waals surface area contributed by atoms with E-state index in [-0.39, 0.29) is 5.92 Å². The first-order chi connectivity index (χ1) is 6.27. The highest BCUT2D eigenvalue weighted by atomic mass is 35.5. The van der Waals surface area contributed by atoms with Gasteiger partial charge in [-0.05, 0) is 24.7 Å². The summed E-state index contributed by atoms with van der Waals surface area (Å²) in [6.07, 6.45) is 0. The third kappa shape index (κ3) is 2.73. The van der Waals surface area contributed by atoms with Crippen molar-refractivity contribution in [3.05, 3.63) is 34.9 Å². The molecule has 2 nitrogen and oxygen atoms in total. The SMILES string of the molecule is CNCC(C#N)c1cccc(Cl)c1. The Bertz CT molecular complexity index is 317. The molecule has 0 aliphatic carbocycles. The second-order valence-electron chi connectivity index (χ2n) is 2.79. The summed E-state index contributed by atoms with van der Waals surface area (Å²) in [5.41, 5.74) is 0.962. The van der Waals surface area contributed by atoms with Crippen LogP contribution in [0.2, 0.25) is 5.02 Å². The molecule has 13 heavy (non-hydrogen) atoms. The van der Waals surface area contributed by atoms with Crippen molar-refractivity contribution < 1.29 is 0 Å². The molecule has 0 saturated carbocycles. The molecule has 0 fully saturated rings. The summed E-state index contributed by atoms with van der Waals surface area (Å²) in [5, 5.41) is 12.5. The number of rotatable bonds is 3. The summed E-state index contributed by atoms with van der Waals surface area (Å²) in [6, 6.07) is 9.63. The van der Waals surface area contributed by atoms with E-state index in [9.17, 15) is 0 Å². The van der Waals surface area contributed by atoms with Gasteiger partial charge in [-0.2, -0.15) is 5.26 Å². The highest BCUT2D eigenvalue weighted by Gasteiger charge is 2.08. The number of hydrogen-bond acceptors (Lipinski definition) is 2. The lowest BCUT2D eigenvalue weighted by atomic mass is 10.0. The molecule has 0 aromatic heterocycles. The van der Waals surface area contributed by atoms with Crippen LogP contribution in [-0.4, -0.2) is 13.6 Å². The van der Waals surface area contributed by atoms with Crippen LogP contribution in [0.1, 0.15) is 11.5 Å². The smallest absolute Gasteiger partial charge is 0.0837 e. The Kier molecular flexibility index (Phi) is 3.75. The molecule has 1 N–H and O–H groups in total. The van der Waals surface area contributed by atoms with Gasteiger partial charge in [0, 0.05) is 11.6 Å². The molecule has 0 radical (unpaired) electrons. The summed E-state index contributed by atoms with van der Waals surface area (Å²) < 4.78 is 0. The van der Waals surface area contributed by atoms with Crippen LogP contribution in [0.3, 0.4) is 0 Å². The largest absolute Gasteiger partial charge is 0.318 e. The third-order valence-corrected chi connectivity index (χ3v) is 2.05. The molecule has 3 heteroatoms. The van der Waals surface area contributed by atoms with E-state index in [0.29, 0.717) is 11.6 Å². The molecule has 0 aliphatic rings. The zero-order chi connectivity index (χ0) is 9.68. The van der Waals surface area contributed by atoms with E-state index in [1.54, 1.807) is 6.07 Å². The summed E-state index contributed by atoms with van der Waals surface area (Å²) in [6.45, 7) is 0.650. The number of nitrogens with zero attached hydrogens (tertiary/aromatic N) is 1. The molecule has 1 rings (SSSR count). The summed E-state index contributed by atoms with van der Waals surface area (Å²) in [5.74, 6) is -0.122. The van der Waals surface area contributed by atoms with Gasteiger partial charge in [-0.25, -0.2) is 0 Å². The highest BCUT2D eigenvalue weighted by molar-refractivity contribution is 6.30. The minimum atomic E-state index is -0.122. The molecule has 1 aromatic rings. The van der Waals surface area contributed by atoms with Gasteiger partial charge in [-0.1, -0.05) is 23.7 Å². The van der Waals surface area contributed by atoms with Gasteiger partial charge in [0.05, 0.1) is 12.0 Å². The van der Waals surface area contributed by atoms with E-state index < -0.39 is 0 Å². The minimum absolute atomic E-state index is 0.122. The predicted octanol–water partition coefficient (Wildman–Crippen LogP) is 2.17. The molecule has 0 bridgehead atoms. The monoisotopic (exact) mass is 194 g/mol. The molecule has 1 unspecified atom stereocenters. The molecular weight excluding hydrogens is 184 g/mol. The van der Waals surface area contributed by atoms with E-state index in [1.807, 2.05) is 25.2 Å². The molecule has 68 valence electrons. The highest BCUT2D eigenvalue weighted by Crippen LogP contribution is 2.18. The average Bonchev–Trinajstić information content (AvgIpc) is 2.14. The van der Waals surface area contributed by atoms with Gasteiger partial charge in [-0.3, -0.25) is 0 Å². The Morgan fingerprint density at radius 1 is 1.62 bits per heavy atom. The zero-order valence-corrected chi connectivity index (χ0v) is 8.17. The first-order valence-electron chi connectivity index (χ1n) is 4.07. The van der Waals surface area contributed by atoms with Gasteiger partial charge in [-0.15, -0.1) is 0 Å². The molecule has 0 spiro atoms. The zero-order valence-electron chi connectivity index (χ0n) is 7.42. The molecular formula is C10H11ClN2. The van der Waals surface area contributed by atoms with Crippen LogP contribution in [0.15, 0.2) is 24.3 Å². The summed E-state index contributed by atoms with van der Waals surface area (Å²) in [4.78, 5) is 0. The normalized spacial score (nSPS) is 12.1. The first-order valence-corrected chi connectivity index (χ1v) is 4.45. The molecule has 1 aromatic carbocycles. The van der Waals surface area contributed by atoms with Gasteiger partial charge in [0.15, 0.2) is 0 Å². The molecule has 0 saturated heterocycles. The number of nitriles is 1. The van der Waals surface area contributed by atoms with Crippen LogP contribution in [0.4, 0.5) is 0 Å². The van der Waals surface area contributed by atoms with Crippen molar-refractivity contribution in [1.82, 2.24) is 5.32 Å². The average molecular weight is 195 g/mol. The van der Waals surface area contributed by atoms with Gasteiger partial charge < -0.3 is 5.32 Å². The lowest BCUT2D eigenvalue weighted by Crippen LogP contribution is -2.15. The molecule has 0 heterocycles. The Morgan fingerprint density at radius 2 is 2.38 bits per heavy atom. The van der Waals surface area contributed by atoms with Gasteiger partial charge in [0.1, 0.15) is 0 Å². The Morgan fingerprint density at radius 3 is 2.92 bits per heavy atom. The van der Waals surface area contributed by atoms with Crippen molar-refractivity contribution in [3.8, 4) is 6.07 Å². The Hall–Kier alpha value is -1.04. The van der Waals surface area contributed by atoms with E-state index in [0.717, 1.165) is 5.56 Å². The quantitative estimate of drug-likeness (QED) is 0.801. The minimum Gasteiger partial charge on any atom is -0.318 e. The van der Waals surface area contributed by atoms with Crippen molar-refractivity contribution in [2.45, 2.75) is 5.92 Å². The van der Waals surface area contributed by atoms with E-state index >= 15 is 0 Å². The maximum absolute atomic E-state index is 8.87. The van der Waals surface area contributed by atoms with Crippen molar-refractivity contribution in [1.29, 1.82) is 5.26 Å². The van der Waals surface area contributed by atoms with Crippen LogP contribution in [0.25, 0.3) is 0 Å². The van der Waals surface area contributed by atoms with Gasteiger partial charge in [0.25, 0.3) is 0 Å². The maximum Gasteiger partial charge on any atom is 0.0837 e. The van der Waals surface area contributed by atoms with Crippen molar-refractivity contribution in [3.63, 3.8) is 0 Å². The standard InChI is InChI=1S/C10H11ClN2/c1-13-7-9(6-12)8-3-2-4-10(11)5-8/h2-5,9,13H,7H2,1H3. The first kappa shape index (κ1) is 10.0. The van der Waals surface area contributed by atoms with Crippen LogP contribution in [-0.2, 0) is 0 Å². The third-order valence-electron chi connectivity index (χ3n) is 1.82. The lowest BCUT2D eigenvalue weighted by Gasteiger charge is -2.08. The number of likely N-dealkylation sites (N-methyl/N-ethyl adjacent to an activating group) is 1. The molecule has 0 amide bonds. The number of hydrogen-bond donors (Lipinski definition) is 1. The second-order valence-corrected chi connectivity index (χ2v) is 3.23. The summed E-state index contributed by atoms with van der Waals surface area (Å²) >= 11 is 5.82. The lowest BCUT2D eigenvalue weighted by molar-refractivity contribution is 0.734. The van der Waals surface area contributed by atoms with Crippen LogP contribution < -0.4 is 5.32 Å². The number of benzene rings is 1. The van der Waals surface area contributed by atoms with Crippen LogP contribution in [0, 0.1) is 11.3 Å². The fourth-order valence-corrected chi connectivity index (χ4v) is 1.36. The van der Waals surface area contributed by atoms with E-state index in [4.69, 9.17) is 16.9 Å². The van der Waals surface area contributed by atoms with E-state index in [2.05, 4.69) is 11.4 Å². The van der Waals surface area contributed by atoms with Crippen LogP contribution in [0.5, 0.6) is 0 Å². The Balaban J connectivity index is 2.86. The molecule has 0 aliphatic heterocycles. The topological polar surface area (TPSA) is 35.8 Å². The maximum atomic E-state index is 8.87. The fourth-order valence-electron chi connectivity index (χ4n) is 1.17. The Labute approximate surface area is 83.1 Å².